The molecule has 3 rings (SSSR count). The zero-order valence-corrected chi connectivity index (χ0v) is 19.7. The third kappa shape index (κ3) is 6.78. The lowest BCUT2D eigenvalue weighted by molar-refractivity contribution is -0.122. The number of hydrogen-bond acceptors (Lipinski definition) is 4. The molecule has 178 valence electrons. The van der Waals surface area contributed by atoms with Gasteiger partial charge in [-0.3, -0.25) is 9.69 Å². The van der Waals surface area contributed by atoms with Gasteiger partial charge >= 0.3 is 6.03 Å². The summed E-state index contributed by atoms with van der Waals surface area (Å²) in [6.07, 6.45) is 13.5. The number of methoxy groups -OCH3 is 2. The SMILES string of the molecule is COc1ccc(OC)c(N2CCN(CC(=O)NC3CCCCCCCCCCC3)C2=O)c1. The van der Waals surface area contributed by atoms with Gasteiger partial charge in [0.25, 0.3) is 0 Å². The number of nitrogens with zero attached hydrogens (tertiary/aromatic N) is 2. The summed E-state index contributed by atoms with van der Waals surface area (Å²) in [5, 5.41) is 3.22. The molecule has 2 fully saturated rings. The smallest absolute Gasteiger partial charge is 0.325 e. The zero-order valence-electron chi connectivity index (χ0n) is 19.7. The van der Waals surface area contributed by atoms with Crippen LogP contribution >= 0.6 is 0 Å². The Morgan fingerprint density at radius 1 is 0.938 bits per heavy atom. The van der Waals surface area contributed by atoms with E-state index in [9.17, 15) is 9.59 Å². The Labute approximate surface area is 192 Å². The van der Waals surface area contributed by atoms with E-state index in [0.717, 1.165) is 25.7 Å². The normalized spacial score (nSPS) is 19.2. The van der Waals surface area contributed by atoms with Gasteiger partial charge in [0, 0.05) is 25.2 Å². The molecule has 0 atom stereocenters. The van der Waals surface area contributed by atoms with Crippen molar-refractivity contribution in [2.24, 2.45) is 0 Å². The molecule has 0 radical (unpaired) electrons. The van der Waals surface area contributed by atoms with Crippen LogP contribution in [-0.2, 0) is 4.79 Å². The summed E-state index contributed by atoms with van der Waals surface area (Å²) in [7, 11) is 3.18. The first kappa shape index (κ1) is 24.2. The Bertz CT molecular complexity index is 743. The molecular weight excluding hydrogens is 406 g/mol. The predicted molar refractivity (Wildman–Crippen MR) is 127 cm³/mol. The van der Waals surface area contributed by atoms with Crippen LogP contribution in [-0.4, -0.2) is 56.7 Å². The van der Waals surface area contributed by atoms with Gasteiger partial charge in [0.05, 0.1) is 19.9 Å². The number of rotatable bonds is 6. The lowest BCUT2D eigenvalue weighted by atomic mass is 9.98. The van der Waals surface area contributed by atoms with E-state index in [1.165, 1.54) is 44.9 Å². The fourth-order valence-corrected chi connectivity index (χ4v) is 4.71. The van der Waals surface area contributed by atoms with E-state index in [1.807, 2.05) is 0 Å². The maximum Gasteiger partial charge on any atom is 0.325 e. The molecule has 1 aliphatic carbocycles. The molecule has 32 heavy (non-hydrogen) atoms. The van der Waals surface area contributed by atoms with E-state index in [0.29, 0.717) is 30.3 Å². The average molecular weight is 446 g/mol. The Morgan fingerprint density at radius 3 is 2.16 bits per heavy atom. The van der Waals surface area contributed by atoms with Crippen LogP contribution in [0.2, 0.25) is 0 Å². The summed E-state index contributed by atoms with van der Waals surface area (Å²) in [6.45, 7) is 1.12. The second-order valence-electron chi connectivity index (χ2n) is 8.92. The lowest BCUT2D eigenvalue weighted by Gasteiger charge is -2.23. The minimum Gasteiger partial charge on any atom is -0.497 e. The van der Waals surface area contributed by atoms with Crippen LogP contribution in [0.4, 0.5) is 10.5 Å². The van der Waals surface area contributed by atoms with Crippen molar-refractivity contribution in [3.05, 3.63) is 18.2 Å². The number of anilines is 1. The first-order chi connectivity index (χ1) is 15.6. The van der Waals surface area contributed by atoms with Crippen molar-refractivity contribution < 1.29 is 19.1 Å². The van der Waals surface area contributed by atoms with Crippen LogP contribution < -0.4 is 19.7 Å². The third-order valence-corrected chi connectivity index (χ3v) is 6.58. The molecule has 1 aliphatic heterocycles. The molecule has 2 aliphatic rings. The maximum absolute atomic E-state index is 13.0. The Balaban J connectivity index is 1.55. The van der Waals surface area contributed by atoms with E-state index < -0.39 is 0 Å². The number of nitrogens with one attached hydrogen (secondary N) is 1. The second-order valence-corrected chi connectivity index (χ2v) is 8.92. The van der Waals surface area contributed by atoms with Crippen molar-refractivity contribution in [3.8, 4) is 11.5 Å². The second kappa shape index (κ2) is 12.6. The number of amides is 3. The molecule has 1 saturated carbocycles. The molecule has 0 unspecified atom stereocenters. The summed E-state index contributed by atoms with van der Waals surface area (Å²) in [6, 6.07) is 5.43. The highest BCUT2D eigenvalue weighted by Crippen LogP contribution is 2.34. The highest BCUT2D eigenvalue weighted by Gasteiger charge is 2.33. The number of carbonyl (C=O) groups is 2. The van der Waals surface area contributed by atoms with Crippen LogP contribution in [0.3, 0.4) is 0 Å². The molecule has 7 nitrogen and oxygen atoms in total. The van der Waals surface area contributed by atoms with Crippen LogP contribution in [0.1, 0.15) is 70.6 Å². The molecule has 1 aromatic rings. The van der Waals surface area contributed by atoms with Gasteiger partial charge in [-0.15, -0.1) is 0 Å². The monoisotopic (exact) mass is 445 g/mol. The largest absolute Gasteiger partial charge is 0.497 e. The quantitative estimate of drug-likeness (QED) is 0.687. The van der Waals surface area contributed by atoms with Gasteiger partial charge in [-0.1, -0.05) is 57.8 Å². The van der Waals surface area contributed by atoms with Gasteiger partial charge in [-0.05, 0) is 25.0 Å². The molecule has 0 spiro atoms. The van der Waals surface area contributed by atoms with Gasteiger partial charge in [-0.2, -0.15) is 0 Å². The van der Waals surface area contributed by atoms with Crippen LogP contribution in [0.25, 0.3) is 0 Å². The molecule has 3 amide bonds. The lowest BCUT2D eigenvalue weighted by Crippen LogP contribution is -2.43. The predicted octanol–water partition coefficient (Wildman–Crippen LogP) is 4.74. The van der Waals surface area contributed by atoms with E-state index >= 15 is 0 Å². The summed E-state index contributed by atoms with van der Waals surface area (Å²) >= 11 is 0. The molecule has 1 aromatic carbocycles. The van der Waals surface area contributed by atoms with Crippen molar-refractivity contribution in [2.45, 2.75) is 76.7 Å². The minimum atomic E-state index is -0.176. The summed E-state index contributed by atoms with van der Waals surface area (Å²) in [5.74, 6) is 1.21. The van der Waals surface area contributed by atoms with E-state index in [4.69, 9.17) is 9.47 Å². The summed E-state index contributed by atoms with van der Waals surface area (Å²) in [4.78, 5) is 29.1. The maximum atomic E-state index is 13.0. The van der Waals surface area contributed by atoms with Crippen LogP contribution in [0.5, 0.6) is 11.5 Å². The number of urea groups is 1. The number of hydrogen-bond donors (Lipinski definition) is 1. The fraction of sp³-hybridized carbons (Fsp3) is 0.680. The Morgan fingerprint density at radius 2 is 1.56 bits per heavy atom. The van der Waals surface area contributed by atoms with Gasteiger partial charge in [0.2, 0.25) is 5.91 Å². The van der Waals surface area contributed by atoms with E-state index in [2.05, 4.69) is 5.32 Å². The summed E-state index contributed by atoms with van der Waals surface area (Å²) < 4.78 is 10.7. The highest BCUT2D eigenvalue weighted by atomic mass is 16.5. The Kier molecular flexibility index (Phi) is 9.50. The number of carbonyl (C=O) groups excluding carboxylic acids is 2. The molecule has 1 saturated heterocycles. The number of benzene rings is 1. The van der Waals surface area contributed by atoms with Crippen molar-refractivity contribution >= 4 is 17.6 Å². The topological polar surface area (TPSA) is 71.1 Å². The third-order valence-electron chi connectivity index (χ3n) is 6.58. The summed E-state index contributed by atoms with van der Waals surface area (Å²) in [5.41, 5.74) is 0.666. The average Bonchev–Trinajstić information content (AvgIpc) is 3.14. The van der Waals surface area contributed by atoms with Gasteiger partial charge in [0.15, 0.2) is 0 Å². The molecule has 7 heteroatoms. The minimum absolute atomic E-state index is 0.0603. The fourth-order valence-electron chi connectivity index (χ4n) is 4.71. The molecule has 1 N–H and O–H groups in total. The van der Waals surface area contributed by atoms with Crippen LogP contribution in [0.15, 0.2) is 18.2 Å². The van der Waals surface area contributed by atoms with Gasteiger partial charge in [0.1, 0.15) is 18.0 Å². The number of ether oxygens (including phenoxy) is 2. The van der Waals surface area contributed by atoms with E-state index in [1.54, 1.807) is 42.2 Å². The van der Waals surface area contributed by atoms with E-state index in [-0.39, 0.29) is 24.5 Å². The van der Waals surface area contributed by atoms with Gasteiger partial charge < -0.3 is 19.7 Å². The first-order valence-corrected chi connectivity index (χ1v) is 12.2. The van der Waals surface area contributed by atoms with Crippen LogP contribution in [0, 0.1) is 0 Å². The molecular formula is C25H39N3O4. The first-order valence-electron chi connectivity index (χ1n) is 12.2. The van der Waals surface area contributed by atoms with Gasteiger partial charge in [-0.25, -0.2) is 4.79 Å². The van der Waals surface area contributed by atoms with Crippen molar-refractivity contribution in [2.75, 3.05) is 38.8 Å². The Hall–Kier alpha value is -2.44. The molecule has 1 heterocycles. The van der Waals surface area contributed by atoms with Crippen molar-refractivity contribution in [1.29, 1.82) is 0 Å². The zero-order chi connectivity index (χ0) is 22.8. The molecule has 0 bridgehead atoms. The van der Waals surface area contributed by atoms with Crippen molar-refractivity contribution in [3.63, 3.8) is 0 Å². The van der Waals surface area contributed by atoms with Crippen molar-refractivity contribution in [1.82, 2.24) is 10.2 Å². The standard InChI is InChI=1S/C25H39N3O4/c1-31-21-14-15-23(32-2)22(18-21)28-17-16-27(25(28)30)19-24(29)26-20-12-10-8-6-4-3-5-7-9-11-13-20/h14-15,18,20H,3-13,16-17,19H2,1-2H3,(H,26,29). The molecule has 0 aromatic heterocycles. The highest BCUT2D eigenvalue weighted by molar-refractivity contribution is 5.97.